The van der Waals surface area contributed by atoms with Gasteiger partial charge in [0.15, 0.2) is 22.3 Å². The molecule has 0 saturated heterocycles. The van der Waals surface area contributed by atoms with Crippen molar-refractivity contribution in [1.82, 2.24) is 19.7 Å². The Balaban J connectivity index is 1.51. The highest BCUT2D eigenvalue weighted by Crippen LogP contribution is 2.30. The zero-order chi connectivity index (χ0) is 22.7. The minimum atomic E-state index is -0.342. The lowest BCUT2D eigenvalue weighted by molar-refractivity contribution is -0.113. The molecule has 0 aliphatic carbocycles. The normalized spacial score (nSPS) is 10.8. The number of thioether (sulfide) groups is 1. The van der Waals surface area contributed by atoms with Gasteiger partial charge in [-0.05, 0) is 30.3 Å². The van der Waals surface area contributed by atoms with Gasteiger partial charge in [0.05, 0.1) is 31.9 Å². The summed E-state index contributed by atoms with van der Waals surface area (Å²) in [4.78, 5) is 32.0. The number of rotatable bonds is 7. The van der Waals surface area contributed by atoms with Gasteiger partial charge in [-0.1, -0.05) is 29.4 Å². The van der Waals surface area contributed by atoms with Gasteiger partial charge >= 0.3 is 0 Å². The zero-order valence-electron chi connectivity index (χ0n) is 17.1. The average molecular weight is 472 g/mol. The summed E-state index contributed by atoms with van der Waals surface area (Å²) in [5, 5.41) is 8.21. The van der Waals surface area contributed by atoms with Crippen molar-refractivity contribution in [2.24, 2.45) is 0 Å². The summed E-state index contributed by atoms with van der Waals surface area (Å²) in [5.41, 5.74) is 1.27. The van der Waals surface area contributed by atoms with Gasteiger partial charge in [-0.25, -0.2) is 9.67 Å². The quantitative estimate of drug-likeness (QED) is 0.313. The predicted molar refractivity (Wildman–Crippen MR) is 123 cm³/mol. The summed E-state index contributed by atoms with van der Waals surface area (Å²) < 4.78 is 12.0. The third-order valence-corrected chi connectivity index (χ3v) is 5.58. The van der Waals surface area contributed by atoms with Crippen LogP contribution in [0.15, 0.2) is 58.6 Å². The number of benzene rings is 2. The van der Waals surface area contributed by atoms with Crippen LogP contribution in [-0.4, -0.2) is 45.6 Å². The molecule has 11 heteroatoms. The molecule has 0 spiro atoms. The summed E-state index contributed by atoms with van der Waals surface area (Å²) in [6.07, 6.45) is 1.44. The van der Waals surface area contributed by atoms with E-state index in [1.807, 2.05) is 6.07 Å². The molecule has 2 heterocycles. The zero-order valence-corrected chi connectivity index (χ0v) is 18.7. The lowest BCUT2D eigenvalue weighted by Gasteiger charge is -2.10. The molecule has 32 heavy (non-hydrogen) atoms. The van der Waals surface area contributed by atoms with Gasteiger partial charge in [-0.3, -0.25) is 9.59 Å². The lowest BCUT2D eigenvalue weighted by Crippen LogP contribution is -2.15. The fourth-order valence-corrected chi connectivity index (χ4v) is 3.85. The van der Waals surface area contributed by atoms with Crippen LogP contribution in [0.3, 0.4) is 0 Å². The van der Waals surface area contributed by atoms with E-state index in [-0.39, 0.29) is 17.2 Å². The second kappa shape index (κ2) is 9.33. The minimum absolute atomic E-state index is 0.0358. The number of anilines is 1. The predicted octanol–water partition coefficient (Wildman–Crippen LogP) is 3.51. The van der Waals surface area contributed by atoms with E-state index in [9.17, 15) is 9.59 Å². The number of nitrogens with zero attached hydrogens (tertiary/aromatic N) is 3. The van der Waals surface area contributed by atoms with Crippen molar-refractivity contribution < 1.29 is 14.3 Å². The summed E-state index contributed by atoms with van der Waals surface area (Å²) in [5.74, 6) is 0.830. The van der Waals surface area contributed by atoms with Crippen molar-refractivity contribution in [3.8, 4) is 17.2 Å². The fraction of sp³-hybridized carbons (Fsp3) is 0.143. The largest absolute Gasteiger partial charge is 0.493 e. The number of methoxy groups -OCH3 is 2. The Bertz CT molecular complexity index is 1350. The monoisotopic (exact) mass is 471 g/mol. The van der Waals surface area contributed by atoms with Gasteiger partial charge in [-0.2, -0.15) is 5.10 Å². The van der Waals surface area contributed by atoms with E-state index in [2.05, 4.69) is 20.4 Å². The van der Waals surface area contributed by atoms with E-state index in [4.69, 9.17) is 21.1 Å². The standard InChI is InChI=1S/C21H18ClN5O4S/c1-30-16-7-6-13(9-17(16)31-2)24-18(28)11-32-21-25-19-15(20(29)26-21)10-23-27(19)14-5-3-4-12(22)8-14/h3-10H,11H2,1-2H3,(H,24,28)(H,25,26,29). The summed E-state index contributed by atoms with van der Waals surface area (Å²) in [7, 11) is 3.06. The second-order valence-corrected chi connectivity index (χ2v) is 7.95. The Labute approximate surface area is 191 Å². The molecule has 4 aromatic rings. The molecule has 1 amide bonds. The van der Waals surface area contributed by atoms with E-state index in [1.54, 1.807) is 36.4 Å². The van der Waals surface area contributed by atoms with Crippen molar-refractivity contribution in [2.45, 2.75) is 5.16 Å². The van der Waals surface area contributed by atoms with Crippen LogP contribution in [0.5, 0.6) is 11.5 Å². The molecule has 9 nitrogen and oxygen atoms in total. The van der Waals surface area contributed by atoms with E-state index in [0.29, 0.717) is 44.1 Å². The van der Waals surface area contributed by atoms with Crippen molar-refractivity contribution in [3.05, 3.63) is 64.0 Å². The van der Waals surface area contributed by atoms with Gasteiger partial charge in [0.25, 0.3) is 5.56 Å². The summed E-state index contributed by atoms with van der Waals surface area (Å²) >= 11 is 7.17. The Morgan fingerprint density at radius 2 is 2.00 bits per heavy atom. The van der Waals surface area contributed by atoms with E-state index < -0.39 is 0 Å². The van der Waals surface area contributed by atoms with E-state index in [0.717, 1.165) is 11.8 Å². The van der Waals surface area contributed by atoms with Crippen LogP contribution in [-0.2, 0) is 4.79 Å². The number of nitrogens with one attached hydrogen (secondary N) is 2. The number of amides is 1. The second-order valence-electron chi connectivity index (χ2n) is 6.55. The molecule has 164 valence electrons. The van der Waals surface area contributed by atoms with Crippen LogP contribution >= 0.6 is 23.4 Å². The maximum absolute atomic E-state index is 12.5. The summed E-state index contributed by atoms with van der Waals surface area (Å²) in [6, 6.07) is 12.1. The number of fused-ring (bicyclic) bond motifs is 1. The van der Waals surface area contributed by atoms with Crippen LogP contribution in [0.1, 0.15) is 0 Å². The fourth-order valence-electron chi connectivity index (χ4n) is 3.01. The Morgan fingerprint density at radius 3 is 2.75 bits per heavy atom. The third kappa shape index (κ3) is 4.56. The summed E-state index contributed by atoms with van der Waals surface area (Å²) in [6.45, 7) is 0. The van der Waals surface area contributed by atoms with Gasteiger partial charge in [-0.15, -0.1) is 0 Å². The number of aromatic nitrogens is 4. The first-order valence-corrected chi connectivity index (χ1v) is 10.7. The number of H-pyrrole nitrogens is 1. The van der Waals surface area contributed by atoms with Crippen molar-refractivity contribution >= 4 is 46.0 Å². The molecule has 0 unspecified atom stereocenters. The smallest absolute Gasteiger partial charge is 0.262 e. The van der Waals surface area contributed by atoms with Crippen LogP contribution in [0.25, 0.3) is 16.7 Å². The molecule has 0 saturated carbocycles. The van der Waals surface area contributed by atoms with Gasteiger partial charge in [0.2, 0.25) is 5.91 Å². The van der Waals surface area contributed by atoms with Crippen molar-refractivity contribution in [2.75, 3.05) is 25.3 Å². The number of carbonyl (C=O) groups excluding carboxylic acids is 1. The number of ether oxygens (including phenoxy) is 2. The maximum Gasteiger partial charge on any atom is 0.262 e. The third-order valence-electron chi connectivity index (χ3n) is 4.48. The molecule has 2 aromatic heterocycles. The number of hydrogen-bond donors (Lipinski definition) is 2. The molecule has 0 fully saturated rings. The number of halogens is 1. The van der Waals surface area contributed by atoms with E-state index in [1.165, 1.54) is 25.1 Å². The molecule has 0 atom stereocenters. The molecule has 0 radical (unpaired) electrons. The van der Waals surface area contributed by atoms with E-state index >= 15 is 0 Å². The van der Waals surface area contributed by atoms with Crippen LogP contribution in [0, 0.1) is 0 Å². The van der Waals surface area contributed by atoms with Crippen LogP contribution in [0.2, 0.25) is 5.02 Å². The molecule has 0 aliphatic heterocycles. The minimum Gasteiger partial charge on any atom is -0.493 e. The molecule has 0 aliphatic rings. The SMILES string of the molecule is COc1ccc(NC(=O)CSc2nc3c(cnn3-c3cccc(Cl)c3)c(=O)[nH]2)cc1OC. The average Bonchev–Trinajstić information content (AvgIpc) is 3.22. The van der Waals surface area contributed by atoms with Gasteiger partial charge < -0.3 is 19.8 Å². The number of carbonyl (C=O) groups is 1. The molecule has 2 aromatic carbocycles. The van der Waals surface area contributed by atoms with Crippen molar-refractivity contribution in [1.29, 1.82) is 0 Å². The first kappa shape index (κ1) is 21.7. The lowest BCUT2D eigenvalue weighted by atomic mass is 10.2. The first-order valence-electron chi connectivity index (χ1n) is 9.37. The molecule has 0 bridgehead atoms. The Morgan fingerprint density at radius 1 is 1.19 bits per heavy atom. The highest BCUT2D eigenvalue weighted by atomic mass is 35.5. The highest BCUT2D eigenvalue weighted by Gasteiger charge is 2.14. The Hall–Kier alpha value is -3.50. The van der Waals surface area contributed by atoms with Crippen LogP contribution in [0.4, 0.5) is 5.69 Å². The van der Waals surface area contributed by atoms with Gasteiger partial charge in [0, 0.05) is 16.8 Å². The Kier molecular flexibility index (Phi) is 6.33. The first-order chi connectivity index (χ1) is 15.5. The molecule has 4 rings (SSSR count). The topological polar surface area (TPSA) is 111 Å². The van der Waals surface area contributed by atoms with Crippen LogP contribution < -0.4 is 20.3 Å². The van der Waals surface area contributed by atoms with Crippen molar-refractivity contribution in [3.63, 3.8) is 0 Å². The maximum atomic E-state index is 12.5. The number of aromatic amines is 1. The number of hydrogen-bond acceptors (Lipinski definition) is 7. The van der Waals surface area contributed by atoms with Gasteiger partial charge in [0.1, 0.15) is 5.39 Å². The molecular formula is C21H18ClN5O4S. The molecular weight excluding hydrogens is 454 g/mol. The molecule has 2 N–H and O–H groups in total. The highest BCUT2D eigenvalue weighted by molar-refractivity contribution is 7.99.